The lowest BCUT2D eigenvalue weighted by atomic mass is 10.1. The molecule has 0 N–H and O–H groups in total. The van der Waals surface area contributed by atoms with Crippen molar-refractivity contribution in [2.75, 3.05) is 25.0 Å². The fourth-order valence-corrected chi connectivity index (χ4v) is 3.87. The van der Waals surface area contributed by atoms with E-state index in [2.05, 4.69) is 51.2 Å². The van der Waals surface area contributed by atoms with Crippen LogP contribution in [0, 0.1) is 0 Å². The van der Waals surface area contributed by atoms with Gasteiger partial charge in [-0.2, -0.15) is 0 Å². The van der Waals surface area contributed by atoms with E-state index in [4.69, 9.17) is 0 Å². The molecule has 0 aromatic heterocycles. The third-order valence-corrected chi connectivity index (χ3v) is 5.61. The lowest BCUT2D eigenvalue weighted by molar-refractivity contribution is -0.130. The number of hydrogen-bond acceptors (Lipinski definition) is 2. The standard InChI is InChI=1S/C21H25BrN2O/c1-23(21(25)13-12-17-8-2-4-10-19(17)22)16-18-9-3-5-11-20(18)24-14-6-7-15-24/h2-5,8-11H,6-7,12-16H2,1H3. The van der Waals surface area contributed by atoms with Gasteiger partial charge in [0.1, 0.15) is 0 Å². The highest BCUT2D eigenvalue weighted by molar-refractivity contribution is 9.10. The minimum atomic E-state index is 0.187. The van der Waals surface area contributed by atoms with Crippen LogP contribution in [0.4, 0.5) is 5.69 Å². The first kappa shape index (κ1) is 18.0. The van der Waals surface area contributed by atoms with E-state index in [-0.39, 0.29) is 5.91 Å². The molecule has 0 atom stereocenters. The number of aryl methyl sites for hydroxylation is 1. The lowest BCUT2D eigenvalue weighted by Gasteiger charge is -2.24. The number of benzene rings is 2. The number of nitrogens with zero attached hydrogens (tertiary/aromatic N) is 2. The zero-order valence-electron chi connectivity index (χ0n) is 14.7. The van der Waals surface area contributed by atoms with Gasteiger partial charge in [-0.1, -0.05) is 52.3 Å². The van der Waals surface area contributed by atoms with Gasteiger partial charge >= 0.3 is 0 Å². The minimum absolute atomic E-state index is 0.187. The van der Waals surface area contributed by atoms with Crippen LogP contribution in [0.1, 0.15) is 30.4 Å². The smallest absolute Gasteiger partial charge is 0.222 e. The van der Waals surface area contributed by atoms with Gasteiger partial charge in [0.25, 0.3) is 0 Å². The van der Waals surface area contributed by atoms with Gasteiger partial charge in [0.2, 0.25) is 5.91 Å². The number of anilines is 1. The molecule has 4 heteroatoms. The van der Waals surface area contributed by atoms with Crippen LogP contribution < -0.4 is 4.90 Å². The summed E-state index contributed by atoms with van der Waals surface area (Å²) in [7, 11) is 1.91. The number of amides is 1. The highest BCUT2D eigenvalue weighted by Gasteiger charge is 2.17. The molecule has 0 bridgehead atoms. The maximum Gasteiger partial charge on any atom is 0.222 e. The lowest BCUT2D eigenvalue weighted by Crippen LogP contribution is -2.28. The van der Waals surface area contributed by atoms with Crippen molar-refractivity contribution >= 4 is 27.5 Å². The Morgan fingerprint density at radius 1 is 1.04 bits per heavy atom. The van der Waals surface area contributed by atoms with Crippen molar-refractivity contribution in [3.63, 3.8) is 0 Å². The first-order chi connectivity index (χ1) is 12.1. The van der Waals surface area contributed by atoms with Crippen molar-refractivity contribution in [3.05, 3.63) is 64.1 Å². The van der Waals surface area contributed by atoms with E-state index in [1.165, 1.54) is 29.7 Å². The maximum absolute atomic E-state index is 12.6. The van der Waals surface area contributed by atoms with Gasteiger partial charge in [-0.3, -0.25) is 4.79 Å². The molecule has 3 rings (SSSR count). The number of hydrogen-bond donors (Lipinski definition) is 0. The van der Waals surface area contributed by atoms with Gasteiger partial charge < -0.3 is 9.80 Å². The van der Waals surface area contributed by atoms with Crippen molar-refractivity contribution in [3.8, 4) is 0 Å². The maximum atomic E-state index is 12.6. The van der Waals surface area contributed by atoms with E-state index in [9.17, 15) is 4.79 Å². The highest BCUT2D eigenvalue weighted by Crippen LogP contribution is 2.25. The Morgan fingerprint density at radius 3 is 2.40 bits per heavy atom. The SMILES string of the molecule is CN(Cc1ccccc1N1CCCC1)C(=O)CCc1ccccc1Br. The molecule has 25 heavy (non-hydrogen) atoms. The molecule has 132 valence electrons. The molecular formula is C21H25BrN2O. The zero-order valence-corrected chi connectivity index (χ0v) is 16.3. The monoisotopic (exact) mass is 400 g/mol. The minimum Gasteiger partial charge on any atom is -0.371 e. The van der Waals surface area contributed by atoms with E-state index >= 15 is 0 Å². The predicted molar refractivity (Wildman–Crippen MR) is 107 cm³/mol. The summed E-state index contributed by atoms with van der Waals surface area (Å²) in [5.41, 5.74) is 3.70. The van der Waals surface area contributed by atoms with Crippen molar-refractivity contribution in [1.82, 2.24) is 4.90 Å². The van der Waals surface area contributed by atoms with Crippen LogP contribution in [0.5, 0.6) is 0 Å². The summed E-state index contributed by atoms with van der Waals surface area (Å²) in [5, 5.41) is 0. The van der Waals surface area contributed by atoms with E-state index in [0.717, 1.165) is 24.0 Å². The second-order valence-corrected chi connectivity index (χ2v) is 7.52. The second kappa shape index (κ2) is 8.52. The van der Waals surface area contributed by atoms with E-state index < -0.39 is 0 Å². The zero-order chi connectivity index (χ0) is 17.6. The fourth-order valence-electron chi connectivity index (χ4n) is 3.39. The molecule has 1 saturated heterocycles. The van der Waals surface area contributed by atoms with Gasteiger partial charge in [0.05, 0.1) is 0 Å². The van der Waals surface area contributed by atoms with E-state index in [1.54, 1.807) is 0 Å². The first-order valence-corrected chi connectivity index (χ1v) is 9.74. The number of carbonyl (C=O) groups excluding carboxylic acids is 1. The summed E-state index contributed by atoms with van der Waals surface area (Å²) in [6, 6.07) is 16.6. The fraction of sp³-hybridized carbons (Fsp3) is 0.381. The first-order valence-electron chi connectivity index (χ1n) is 8.95. The molecule has 1 aliphatic heterocycles. The van der Waals surface area contributed by atoms with Crippen LogP contribution in [-0.4, -0.2) is 30.9 Å². The summed E-state index contributed by atoms with van der Waals surface area (Å²) >= 11 is 3.55. The van der Waals surface area contributed by atoms with Crippen molar-refractivity contribution in [2.45, 2.75) is 32.2 Å². The normalized spacial score (nSPS) is 13.9. The van der Waals surface area contributed by atoms with Crippen molar-refractivity contribution < 1.29 is 4.79 Å². The Hall–Kier alpha value is -1.81. The van der Waals surface area contributed by atoms with Crippen LogP contribution in [0.3, 0.4) is 0 Å². The molecule has 0 aliphatic carbocycles. The molecule has 1 amide bonds. The molecule has 3 nitrogen and oxygen atoms in total. The Kier molecular flexibility index (Phi) is 6.14. The number of carbonyl (C=O) groups is 1. The molecule has 1 heterocycles. The topological polar surface area (TPSA) is 23.6 Å². The molecule has 2 aromatic carbocycles. The van der Waals surface area contributed by atoms with E-state index in [1.807, 2.05) is 30.1 Å². The highest BCUT2D eigenvalue weighted by atomic mass is 79.9. The number of halogens is 1. The van der Waals surface area contributed by atoms with Crippen LogP contribution >= 0.6 is 15.9 Å². The second-order valence-electron chi connectivity index (χ2n) is 6.66. The largest absolute Gasteiger partial charge is 0.371 e. The summed E-state index contributed by atoms with van der Waals surface area (Å²) in [4.78, 5) is 16.9. The number of para-hydroxylation sites is 1. The summed E-state index contributed by atoms with van der Waals surface area (Å²) in [5.74, 6) is 0.187. The third kappa shape index (κ3) is 4.63. The van der Waals surface area contributed by atoms with Crippen LogP contribution in [0.25, 0.3) is 0 Å². The average molecular weight is 401 g/mol. The molecule has 0 radical (unpaired) electrons. The Labute approximate surface area is 158 Å². The summed E-state index contributed by atoms with van der Waals surface area (Å²) in [6.07, 6.45) is 3.81. The van der Waals surface area contributed by atoms with Crippen molar-refractivity contribution in [1.29, 1.82) is 0 Å². The molecule has 1 fully saturated rings. The molecule has 2 aromatic rings. The van der Waals surface area contributed by atoms with Gasteiger partial charge in [0.15, 0.2) is 0 Å². The predicted octanol–water partition coefficient (Wildman–Crippen LogP) is 4.64. The molecule has 0 saturated carbocycles. The average Bonchev–Trinajstić information content (AvgIpc) is 3.15. The molecule has 0 spiro atoms. The van der Waals surface area contributed by atoms with Crippen LogP contribution in [0.15, 0.2) is 53.0 Å². The molecular weight excluding hydrogens is 376 g/mol. The quantitative estimate of drug-likeness (QED) is 0.704. The van der Waals surface area contributed by atoms with Gasteiger partial charge in [-0.05, 0) is 42.5 Å². The van der Waals surface area contributed by atoms with Gasteiger partial charge in [-0.25, -0.2) is 0 Å². The molecule has 1 aliphatic rings. The van der Waals surface area contributed by atoms with Crippen LogP contribution in [-0.2, 0) is 17.8 Å². The number of rotatable bonds is 6. The van der Waals surface area contributed by atoms with Gasteiger partial charge in [-0.15, -0.1) is 0 Å². The Morgan fingerprint density at radius 2 is 1.68 bits per heavy atom. The Bertz CT molecular complexity index is 725. The Balaban J connectivity index is 1.61. The molecule has 0 unspecified atom stereocenters. The third-order valence-electron chi connectivity index (χ3n) is 4.84. The van der Waals surface area contributed by atoms with E-state index in [0.29, 0.717) is 13.0 Å². The van der Waals surface area contributed by atoms with Crippen molar-refractivity contribution in [2.24, 2.45) is 0 Å². The van der Waals surface area contributed by atoms with Crippen LogP contribution in [0.2, 0.25) is 0 Å². The summed E-state index contributed by atoms with van der Waals surface area (Å²) in [6.45, 7) is 2.91. The summed E-state index contributed by atoms with van der Waals surface area (Å²) < 4.78 is 1.07. The van der Waals surface area contributed by atoms with Gasteiger partial charge in [0, 0.05) is 43.3 Å².